The van der Waals surface area contributed by atoms with Gasteiger partial charge in [0, 0.05) is 16.6 Å². The van der Waals surface area contributed by atoms with Gasteiger partial charge in [-0.25, -0.2) is 0 Å². The zero-order valence-corrected chi connectivity index (χ0v) is 9.40. The Morgan fingerprint density at radius 3 is 2.92 bits per heavy atom. The Morgan fingerprint density at radius 1 is 1.38 bits per heavy atom. The molecular weight excluding hydrogens is 228 g/mol. The highest BCUT2D eigenvalue weighted by molar-refractivity contribution is 9.10. The van der Waals surface area contributed by atoms with Crippen LogP contribution in [0.2, 0.25) is 0 Å². The van der Waals surface area contributed by atoms with Gasteiger partial charge in [0.25, 0.3) is 0 Å². The number of nitrogens with one attached hydrogen (secondary N) is 2. The average molecular weight is 241 g/mol. The van der Waals surface area contributed by atoms with E-state index in [4.69, 9.17) is 0 Å². The van der Waals surface area contributed by atoms with E-state index in [9.17, 15) is 0 Å². The minimum atomic E-state index is 0.133. The van der Waals surface area contributed by atoms with E-state index in [1.807, 2.05) is 12.1 Å². The molecule has 2 N–H and O–H groups in total. The third-order valence-corrected chi connectivity index (χ3v) is 2.85. The molecule has 0 aromatic heterocycles. The molecule has 0 saturated heterocycles. The van der Waals surface area contributed by atoms with Crippen molar-refractivity contribution in [1.29, 1.82) is 0 Å². The van der Waals surface area contributed by atoms with Gasteiger partial charge in [-0.05, 0) is 41.9 Å². The fraction of sp³-hybridized carbons (Fsp3) is 0.400. The van der Waals surface area contributed by atoms with E-state index in [1.54, 1.807) is 0 Å². The highest BCUT2D eigenvalue weighted by atomic mass is 79.9. The Bertz CT molecular complexity index is 334. The lowest BCUT2D eigenvalue weighted by Crippen LogP contribution is -2.42. The molecule has 70 valence electrons. The van der Waals surface area contributed by atoms with Crippen LogP contribution in [-0.2, 0) is 0 Å². The quantitative estimate of drug-likeness (QED) is 0.729. The van der Waals surface area contributed by atoms with Crippen LogP contribution in [0, 0.1) is 0 Å². The van der Waals surface area contributed by atoms with Gasteiger partial charge >= 0.3 is 0 Å². The number of benzene rings is 1. The number of anilines is 2. The lowest BCUT2D eigenvalue weighted by Gasteiger charge is -2.35. The van der Waals surface area contributed by atoms with Crippen molar-refractivity contribution in [3.05, 3.63) is 22.7 Å². The molecule has 0 fully saturated rings. The molecule has 0 bridgehead atoms. The number of rotatable bonds is 0. The zero-order valence-electron chi connectivity index (χ0n) is 7.82. The SMILES string of the molecule is CC1(C)CNc2c(Br)cccc2N1. The summed E-state index contributed by atoms with van der Waals surface area (Å²) in [6.45, 7) is 5.32. The van der Waals surface area contributed by atoms with Crippen LogP contribution in [0.3, 0.4) is 0 Å². The molecule has 13 heavy (non-hydrogen) atoms. The van der Waals surface area contributed by atoms with E-state index in [1.165, 1.54) is 11.4 Å². The third-order valence-electron chi connectivity index (χ3n) is 2.19. The second kappa shape index (κ2) is 2.91. The van der Waals surface area contributed by atoms with Crippen LogP contribution >= 0.6 is 15.9 Å². The van der Waals surface area contributed by atoms with Gasteiger partial charge in [0.15, 0.2) is 0 Å². The molecule has 2 nitrogen and oxygen atoms in total. The highest BCUT2D eigenvalue weighted by Gasteiger charge is 2.24. The summed E-state index contributed by atoms with van der Waals surface area (Å²) in [6, 6.07) is 6.18. The molecule has 0 atom stereocenters. The minimum Gasteiger partial charge on any atom is -0.380 e. The van der Waals surface area contributed by atoms with Crippen molar-refractivity contribution in [2.45, 2.75) is 19.4 Å². The third kappa shape index (κ3) is 1.66. The van der Waals surface area contributed by atoms with Crippen LogP contribution in [0.15, 0.2) is 22.7 Å². The minimum absolute atomic E-state index is 0.133. The Morgan fingerprint density at radius 2 is 2.15 bits per heavy atom. The molecule has 0 saturated carbocycles. The summed E-state index contributed by atoms with van der Waals surface area (Å²) in [6.07, 6.45) is 0. The number of fused-ring (bicyclic) bond motifs is 1. The van der Waals surface area contributed by atoms with Crippen molar-refractivity contribution in [3.8, 4) is 0 Å². The number of hydrogen-bond acceptors (Lipinski definition) is 2. The predicted molar refractivity (Wildman–Crippen MR) is 60.3 cm³/mol. The standard InChI is InChI=1S/C10H13BrN2/c1-10(2)6-12-9-7(11)4-3-5-8(9)13-10/h3-5,12-13H,6H2,1-2H3. The first-order chi connectivity index (χ1) is 6.08. The molecule has 3 heteroatoms. The summed E-state index contributed by atoms with van der Waals surface area (Å²) >= 11 is 3.52. The van der Waals surface area contributed by atoms with Crippen molar-refractivity contribution in [1.82, 2.24) is 0 Å². The molecule has 1 aliphatic heterocycles. The highest BCUT2D eigenvalue weighted by Crippen LogP contribution is 2.35. The summed E-state index contributed by atoms with van der Waals surface area (Å²) in [5.41, 5.74) is 2.47. The van der Waals surface area contributed by atoms with Gasteiger partial charge < -0.3 is 10.6 Å². The average Bonchev–Trinajstić information content (AvgIpc) is 2.02. The van der Waals surface area contributed by atoms with Gasteiger partial charge in [0.05, 0.1) is 11.4 Å². The first-order valence-corrected chi connectivity index (χ1v) is 5.18. The summed E-state index contributed by atoms with van der Waals surface area (Å²) < 4.78 is 1.12. The van der Waals surface area contributed by atoms with E-state index >= 15 is 0 Å². The normalized spacial score (nSPS) is 18.4. The summed E-state index contributed by atoms with van der Waals surface area (Å²) in [5.74, 6) is 0. The molecule has 1 aliphatic rings. The lowest BCUT2D eigenvalue weighted by atomic mass is 10.0. The molecule has 0 unspecified atom stereocenters. The van der Waals surface area contributed by atoms with Gasteiger partial charge in [0.2, 0.25) is 0 Å². The first-order valence-electron chi connectivity index (χ1n) is 4.39. The second-order valence-electron chi connectivity index (χ2n) is 4.02. The Labute approximate surface area is 86.9 Å². The number of hydrogen-bond donors (Lipinski definition) is 2. The van der Waals surface area contributed by atoms with Crippen molar-refractivity contribution >= 4 is 27.3 Å². The summed E-state index contributed by atoms with van der Waals surface area (Å²) in [5, 5.41) is 6.90. The Balaban J connectivity index is 2.42. The van der Waals surface area contributed by atoms with Gasteiger partial charge in [-0.3, -0.25) is 0 Å². The summed E-state index contributed by atoms with van der Waals surface area (Å²) in [4.78, 5) is 0. The Kier molecular flexibility index (Phi) is 1.99. The largest absolute Gasteiger partial charge is 0.380 e. The van der Waals surface area contributed by atoms with Crippen LogP contribution in [0.5, 0.6) is 0 Å². The lowest BCUT2D eigenvalue weighted by molar-refractivity contribution is 0.589. The van der Waals surface area contributed by atoms with Gasteiger partial charge in [-0.2, -0.15) is 0 Å². The van der Waals surface area contributed by atoms with E-state index in [-0.39, 0.29) is 5.54 Å². The second-order valence-corrected chi connectivity index (χ2v) is 4.88. The fourth-order valence-corrected chi connectivity index (χ4v) is 2.03. The number of halogens is 1. The van der Waals surface area contributed by atoms with Crippen LogP contribution < -0.4 is 10.6 Å². The molecule has 0 aliphatic carbocycles. The molecule has 0 spiro atoms. The summed E-state index contributed by atoms with van der Waals surface area (Å²) in [7, 11) is 0. The van der Waals surface area contributed by atoms with Crippen LogP contribution in [0.4, 0.5) is 11.4 Å². The molecule has 1 aromatic carbocycles. The molecular formula is C10H13BrN2. The van der Waals surface area contributed by atoms with E-state index in [2.05, 4.69) is 46.5 Å². The first kappa shape index (κ1) is 8.88. The zero-order chi connectivity index (χ0) is 9.47. The maximum atomic E-state index is 3.52. The van der Waals surface area contributed by atoms with Crippen molar-refractivity contribution in [2.75, 3.05) is 17.2 Å². The fourth-order valence-electron chi connectivity index (χ4n) is 1.53. The maximum Gasteiger partial charge on any atom is 0.0721 e. The number of para-hydroxylation sites is 1. The molecule has 0 radical (unpaired) electrons. The molecule has 1 aromatic rings. The van der Waals surface area contributed by atoms with Gasteiger partial charge in [0.1, 0.15) is 0 Å². The molecule has 2 rings (SSSR count). The predicted octanol–water partition coefficient (Wildman–Crippen LogP) is 3.07. The molecule has 0 amide bonds. The molecule has 1 heterocycles. The van der Waals surface area contributed by atoms with Crippen LogP contribution in [-0.4, -0.2) is 12.1 Å². The van der Waals surface area contributed by atoms with E-state index in [0.29, 0.717) is 0 Å². The van der Waals surface area contributed by atoms with Crippen LogP contribution in [0.1, 0.15) is 13.8 Å². The maximum absolute atomic E-state index is 3.52. The van der Waals surface area contributed by atoms with Crippen molar-refractivity contribution in [3.63, 3.8) is 0 Å². The topological polar surface area (TPSA) is 24.1 Å². The van der Waals surface area contributed by atoms with Crippen LogP contribution in [0.25, 0.3) is 0 Å². The van der Waals surface area contributed by atoms with Crippen molar-refractivity contribution in [2.24, 2.45) is 0 Å². The van der Waals surface area contributed by atoms with E-state index in [0.717, 1.165) is 11.0 Å². The van der Waals surface area contributed by atoms with Gasteiger partial charge in [-0.1, -0.05) is 6.07 Å². The van der Waals surface area contributed by atoms with Gasteiger partial charge in [-0.15, -0.1) is 0 Å². The Hall–Kier alpha value is -0.700. The van der Waals surface area contributed by atoms with E-state index < -0.39 is 0 Å². The van der Waals surface area contributed by atoms with Crippen molar-refractivity contribution < 1.29 is 0 Å². The monoisotopic (exact) mass is 240 g/mol. The smallest absolute Gasteiger partial charge is 0.0721 e.